The van der Waals surface area contributed by atoms with Crippen LogP contribution in [0.2, 0.25) is 0 Å². The highest BCUT2D eigenvalue weighted by molar-refractivity contribution is 5.75. The first-order valence-electron chi connectivity index (χ1n) is 10.8. The van der Waals surface area contributed by atoms with Crippen LogP contribution in [-0.4, -0.2) is 0 Å². The molecule has 0 heterocycles. The number of benzene rings is 3. The Morgan fingerprint density at radius 2 is 1.45 bits per heavy atom. The number of rotatable bonds is 8. The van der Waals surface area contributed by atoms with Crippen molar-refractivity contribution in [2.24, 2.45) is 0 Å². The molecule has 0 N–H and O–H groups in total. The molecule has 0 aliphatic heterocycles. The first-order valence-corrected chi connectivity index (χ1v) is 10.8. The third-order valence-corrected chi connectivity index (χ3v) is 4.93. The Kier molecular flexibility index (Phi) is 7.96. The van der Waals surface area contributed by atoms with Gasteiger partial charge in [-0.25, -0.2) is 0 Å². The molecule has 0 unspecified atom stereocenters. The van der Waals surface area contributed by atoms with Crippen molar-refractivity contribution >= 4 is 0 Å². The summed E-state index contributed by atoms with van der Waals surface area (Å²) >= 11 is 0. The van der Waals surface area contributed by atoms with Gasteiger partial charge in [-0.2, -0.15) is 0 Å². The normalized spacial score (nSPS) is 10.3. The monoisotopic (exact) mass is 382 g/mol. The van der Waals surface area contributed by atoms with Crippen molar-refractivity contribution in [3.63, 3.8) is 0 Å². The molecule has 0 amide bonds. The molecule has 1 nitrogen and oxygen atoms in total. The van der Waals surface area contributed by atoms with Crippen LogP contribution < -0.4 is 4.74 Å². The summed E-state index contributed by atoms with van der Waals surface area (Å²) in [6.45, 7) is 4.44. The molecule has 0 fully saturated rings. The van der Waals surface area contributed by atoms with Crippen LogP contribution in [0.5, 0.6) is 11.5 Å². The molecule has 0 aromatic heterocycles. The summed E-state index contributed by atoms with van der Waals surface area (Å²) in [5, 5.41) is 0. The largest absolute Gasteiger partial charge is 0.457 e. The molecule has 29 heavy (non-hydrogen) atoms. The van der Waals surface area contributed by atoms with Gasteiger partial charge in [-0.3, -0.25) is 0 Å². The minimum atomic E-state index is 0.856. The zero-order valence-electron chi connectivity index (χ0n) is 17.6. The second-order valence-electron chi connectivity index (χ2n) is 7.29. The van der Waals surface area contributed by atoms with E-state index in [4.69, 9.17) is 4.74 Å². The van der Waals surface area contributed by atoms with Crippen molar-refractivity contribution in [1.29, 1.82) is 0 Å². The average molecular weight is 383 g/mol. The van der Waals surface area contributed by atoms with Gasteiger partial charge in [-0.05, 0) is 54.7 Å². The van der Waals surface area contributed by atoms with Gasteiger partial charge in [0.05, 0.1) is 0 Å². The van der Waals surface area contributed by atoms with Gasteiger partial charge in [-0.15, -0.1) is 0 Å². The molecule has 148 valence electrons. The van der Waals surface area contributed by atoms with Crippen LogP contribution in [0.25, 0.3) is 11.1 Å². The minimum absolute atomic E-state index is 0.856. The summed E-state index contributed by atoms with van der Waals surface area (Å²) in [6, 6.07) is 24.8. The lowest BCUT2D eigenvalue weighted by atomic mass is 9.92. The lowest BCUT2D eigenvalue weighted by Crippen LogP contribution is -1.97. The Bertz CT molecular complexity index is 946. The Hall–Kier alpha value is -2.98. The van der Waals surface area contributed by atoms with E-state index in [0.717, 1.165) is 54.7 Å². The molecule has 3 aromatic rings. The van der Waals surface area contributed by atoms with Gasteiger partial charge in [0.2, 0.25) is 0 Å². The van der Waals surface area contributed by atoms with Crippen LogP contribution in [0.3, 0.4) is 0 Å². The summed E-state index contributed by atoms with van der Waals surface area (Å²) in [5.74, 6) is 8.65. The van der Waals surface area contributed by atoms with Crippen molar-refractivity contribution in [1.82, 2.24) is 0 Å². The molecule has 3 rings (SSSR count). The Balaban J connectivity index is 2.08. The van der Waals surface area contributed by atoms with E-state index < -0.39 is 0 Å². The summed E-state index contributed by atoms with van der Waals surface area (Å²) in [7, 11) is 0. The fraction of sp³-hybridized carbons (Fsp3) is 0.286. The molecule has 0 spiro atoms. The predicted octanol–water partition coefficient (Wildman–Crippen LogP) is 8.03. The van der Waals surface area contributed by atoms with E-state index in [0.29, 0.717) is 0 Å². The Labute approximate surface area is 175 Å². The highest BCUT2D eigenvalue weighted by atomic mass is 16.5. The maximum absolute atomic E-state index is 6.21. The summed E-state index contributed by atoms with van der Waals surface area (Å²) in [5.41, 5.74) is 4.78. The molecule has 0 bridgehead atoms. The SMILES string of the molecule is CCCCC#Cc1c(CCCC)cc(Oc2ccccc2)cc1-c1ccccc1. The van der Waals surface area contributed by atoms with Gasteiger partial charge in [0.15, 0.2) is 0 Å². The quantitative estimate of drug-likeness (QED) is 0.283. The van der Waals surface area contributed by atoms with Gasteiger partial charge in [0.1, 0.15) is 11.5 Å². The predicted molar refractivity (Wildman–Crippen MR) is 123 cm³/mol. The van der Waals surface area contributed by atoms with E-state index in [1.807, 2.05) is 30.3 Å². The fourth-order valence-electron chi connectivity index (χ4n) is 3.33. The van der Waals surface area contributed by atoms with E-state index >= 15 is 0 Å². The molecular formula is C28H30O. The highest BCUT2D eigenvalue weighted by Crippen LogP contribution is 2.33. The summed E-state index contributed by atoms with van der Waals surface area (Å²) < 4.78 is 6.21. The topological polar surface area (TPSA) is 9.23 Å². The lowest BCUT2D eigenvalue weighted by molar-refractivity contribution is 0.482. The van der Waals surface area contributed by atoms with E-state index in [2.05, 4.69) is 68.2 Å². The number of hydrogen-bond acceptors (Lipinski definition) is 1. The Morgan fingerprint density at radius 1 is 0.759 bits per heavy atom. The van der Waals surface area contributed by atoms with Crippen molar-refractivity contribution in [3.8, 4) is 34.5 Å². The van der Waals surface area contributed by atoms with Crippen molar-refractivity contribution < 1.29 is 4.74 Å². The number of ether oxygens (including phenoxy) is 1. The molecule has 1 heteroatoms. The molecule has 0 radical (unpaired) electrons. The van der Waals surface area contributed by atoms with E-state index in [1.54, 1.807) is 0 Å². The van der Waals surface area contributed by atoms with Crippen molar-refractivity contribution in [2.45, 2.75) is 52.4 Å². The maximum Gasteiger partial charge on any atom is 0.128 e. The molecule has 0 saturated heterocycles. The fourth-order valence-corrected chi connectivity index (χ4v) is 3.33. The van der Waals surface area contributed by atoms with Gasteiger partial charge in [0, 0.05) is 17.5 Å². The number of hydrogen-bond donors (Lipinski definition) is 0. The first kappa shape index (κ1) is 20.7. The zero-order valence-corrected chi connectivity index (χ0v) is 17.6. The van der Waals surface area contributed by atoms with Crippen molar-refractivity contribution in [3.05, 3.63) is 83.9 Å². The minimum Gasteiger partial charge on any atom is -0.457 e. The van der Waals surface area contributed by atoms with Crippen molar-refractivity contribution in [2.75, 3.05) is 0 Å². The summed E-state index contributed by atoms with van der Waals surface area (Å²) in [4.78, 5) is 0. The molecule has 0 atom stereocenters. The van der Waals surface area contributed by atoms with Crippen LogP contribution in [0.1, 0.15) is 57.1 Å². The van der Waals surface area contributed by atoms with Crippen LogP contribution in [0.4, 0.5) is 0 Å². The van der Waals surface area contributed by atoms with Crippen LogP contribution in [0, 0.1) is 11.8 Å². The van der Waals surface area contributed by atoms with Gasteiger partial charge in [0.25, 0.3) is 0 Å². The smallest absolute Gasteiger partial charge is 0.128 e. The van der Waals surface area contributed by atoms with E-state index in [9.17, 15) is 0 Å². The van der Waals surface area contributed by atoms with Crippen LogP contribution in [0.15, 0.2) is 72.8 Å². The lowest BCUT2D eigenvalue weighted by Gasteiger charge is -2.15. The van der Waals surface area contributed by atoms with Crippen LogP contribution in [-0.2, 0) is 6.42 Å². The second-order valence-corrected chi connectivity index (χ2v) is 7.29. The van der Waals surface area contributed by atoms with E-state index in [-0.39, 0.29) is 0 Å². The Morgan fingerprint density at radius 3 is 2.14 bits per heavy atom. The third kappa shape index (κ3) is 6.00. The van der Waals surface area contributed by atoms with E-state index in [1.165, 1.54) is 17.5 Å². The van der Waals surface area contributed by atoms with Gasteiger partial charge in [-0.1, -0.05) is 87.1 Å². The molecule has 0 aliphatic rings. The highest BCUT2D eigenvalue weighted by Gasteiger charge is 2.12. The zero-order chi connectivity index (χ0) is 20.3. The molecule has 0 saturated carbocycles. The number of para-hydroxylation sites is 1. The third-order valence-electron chi connectivity index (χ3n) is 4.93. The summed E-state index contributed by atoms with van der Waals surface area (Å²) in [6.07, 6.45) is 6.58. The second kappa shape index (κ2) is 11.1. The standard InChI is InChI=1S/C28H30O/c1-3-5-7-14-20-27-24(15-6-4-2)21-26(29-25-18-12-9-13-19-25)22-28(27)23-16-10-8-11-17-23/h8-13,16-19,21-22H,3-7,15H2,1-2H3. The first-order chi connectivity index (χ1) is 14.3. The number of aryl methyl sites for hydroxylation is 1. The van der Waals surface area contributed by atoms with Crippen LogP contribution >= 0.6 is 0 Å². The molecule has 0 aliphatic carbocycles. The van der Waals surface area contributed by atoms with Gasteiger partial charge >= 0.3 is 0 Å². The van der Waals surface area contributed by atoms with Gasteiger partial charge < -0.3 is 4.74 Å². The number of unbranched alkanes of at least 4 members (excludes halogenated alkanes) is 3. The average Bonchev–Trinajstić information content (AvgIpc) is 2.77. The maximum atomic E-state index is 6.21. The molecular weight excluding hydrogens is 352 g/mol. The molecule has 3 aromatic carbocycles.